The standard InChI is InChI=1S/C13H18N2O2S/c1-10-3-2-4-11(7-10)15-12(16)14-8-13(17)5-6-18-9-13/h2-4,7,17H,5-6,8-9H2,1H3,(H2,14,15,16). The molecule has 0 saturated carbocycles. The quantitative estimate of drug-likeness (QED) is 0.784. The highest BCUT2D eigenvalue weighted by Gasteiger charge is 2.31. The average Bonchev–Trinajstić information content (AvgIpc) is 2.74. The number of hydrogen-bond donors (Lipinski definition) is 3. The van der Waals surface area contributed by atoms with E-state index >= 15 is 0 Å². The van der Waals surface area contributed by atoms with E-state index in [9.17, 15) is 9.90 Å². The van der Waals surface area contributed by atoms with Crippen LogP contribution >= 0.6 is 11.8 Å². The summed E-state index contributed by atoms with van der Waals surface area (Å²) in [4.78, 5) is 11.7. The maximum absolute atomic E-state index is 11.7. The van der Waals surface area contributed by atoms with Crippen molar-refractivity contribution >= 4 is 23.5 Å². The van der Waals surface area contributed by atoms with E-state index < -0.39 is 5.60 Å². The van der Waals surface area contributed by atoms with Crippen LogP contribution < -0.4 is 10.6 Å². The summed E-state index contributed by atoms with van der Waals surface area (Å²) in [5.74, 6) is 1.65. The fraction of sp³-hybridized carbons (Fsp3) is 0.462. The van der Waals surface area contributed by atoms with Crippen molar-refractivity contribution in [3.05, 3.63) is 29.8 Å². The molecule has 98 valence electrons. The summed E-state index contributed by atoms with van der Waals surface area (Å²) in [5.41, 5.74) is 1.12. The van der Waals surface area contributed by atoms with Gasteiger partial charge in [0, 0.05) is 18.0 Å². The molecular weight excluding hydrogens is 248 g/mol. The van der Waals surface area contributed by atoms with Crippen molar-refractivity contribution in [3.63, 3.8) is 0 Å². The summed E-state index contributed by atoms with van der Waals surface area (Å²) < 4.78 is 0. The number of anilines is 1. The third-order valence-corrected chi connectivity index (χ3v) is 4.17. The van der Waals surface area contributed by atoms with E-state index in [-0.39, 0.29) is 6.03 Å². The first-order valence-electron chi connectivity index (χ1n) is 5.99. The summed E-state index contributed by atoms with van der Waals surface area (Å²) in [6, 6.07) is 7.34. The highest BCUT2D eigenvalue weighted by Crippen LogP contribution is 2.26. The van der Waals surface area contributed by atoms with Gasteiger partial charge in [-0.1, -0.05) is 12.1 Å². The second-order valence-corrected chi connectivity index (χ2v) is 5.81. The highest BCUT2D eigenvalue weighted by molar-refractivity contribution is 7.99. The number of rotatable bonds is 3. The maximum atomic E-state index is 11.7. The zero-order valence-corrected chi connectivity index (χ0v) is 11.2. The van der Waals surface area contributed by atoms with Crippen LogP contribution in [-0.2, 0) is 0 Å². The number of hydrogen-bond acceptors (Lipinski definition) is 3. The molecular formula is C13H18N2O2S. The molecule has 0 radical (unpaired) electrons. The van der Waals surface area contributed by atoms with Crippen LogP contribution in [0, 0.1) is 6.92 Å². The minimum absolute atomic E-state index is 0.272. The van der Waals surface area contributed by atoms with Crippen molar-refractivity contribution in [1.82, 2.24) is 5.32 Å². The molecule has 0 bridgehead atoms. The molecule has 1 aliphatic rings. The first-order chi connectivity index (χ1) is 8.57. The SMILES string of the molecule is Cc1cccc(NC(=O)NCC2(O)CCSC2)c1. The predicted octanol–water partition coefficient (Wildman–Crippen LogP) is 1.98. The van der Waals surface area contributed by atoms with E-state index in [0.29, 0.717) is 12.3 Å². The molecule has 1 saturated heterocycles. The van der Waals surface area contributed by atoms with Gasteiger partial charge in [-0.2, -0.15) is 11.8 Å². The molecule has 4 nitrogen and oxygen atoms in total. The van der Waals surface area contributed by atoms with Gasteiger partial charge in [0.1, 0.15) is 0 Å². The summed E-state index contributed by atoms with van der Waals surface area (Å²) in [5, 5.41) is 15.6. The molecule has 2 amide bonds. The van der Waals surface area contributed by atoms with Gasteiger partial charge >= 0.3 is 6.03 Å². The van der Waals surface area contributed by atoms with E-state index in [2.05, 4.69) is 10.6 Å². The van der Waals surface area contributed by atoms with Crippen molar-refractivity contribution in [2.75, 3.05) is 23.4 Å². The number of amides is 2. The van der Waals surface area contributed by atoms with Gasteiger partial charge in [-0.05, 0) is 36.8 Å². The van der Waals surface area contributed by atoms with Gasteiger partial charge in [-0.15, -0.1) is 0 Å². The average molecular weight is 266 g/mol. The molecule has 0 aliphatic carbocycles. The Labute approximate surface area is 111 Å². The topological polar surface area (TPSA) is 61.4 Å². The van der Waals surface area contributed by atoms with Crippen LogP contribution in [0.25, 0.3) is 0 Å². The number of aliphatic hydroxyl groups is 1. The van der Waals surface area contributed by atoms with Crippen molar-refractivity contribution in [2.24, 2.45) is 0 Å². The van der Waals surface area contributed by atoms with Gasteiger partial charge in [0.05, 0.1) is 5.60 Å². The van der Waals surface area contributed by atoms with Crippen molar-refractivity contribution in [2.45, 2.75) is 18.9 Å². The lowest BCUT2D eigenvalue weighted by molar-refractivity contribution is 0.0706. The molecule has 18 heavy (non-hydrogen) atoms. The van der Waals surface area contributed by atoms with Crippen molar-refractivity contribution in [3.8, 4) is 0 Å². The number of aryl methyl sites for hydroxylation is 1. The monoisotopic (exact) mass is 266 g/mol. The number of nitrogens with one attached hydrogen (secondary N) is 2. The molecule has 1 aromatic carbocycles. The fourth-order valence-electron chi connectivity index (χ4n) is 1.88. The molecule has 2 rings (SSSR count). The van der Waals surface area contributed by atoms with Crippen LogP contribution in [0.15, 0.2) is 24.3 Å². The molecule has 1 aromatic rings. The van der Waals surface area contributed by atoms with Gasteiger partial charge in [0.2, 0.25) is 0 Å². The second kappa shape index (κ2) is 5.63. The van der Waals surface area contributed by atoms with E-state index in [1.54, 1.807) is 11.8 Å². The minimum atomic E-state index is -0.741. The van der Waals surface area contributed by atoms with Crippen LogP contribution in [0.5, 0.6) is 0 Å². The molecule has 5 heteroatoms. The third-order valence-electron chi connectivity index (χ3n) is 2.94. The molecule has 1 unspecified atom stereocenters. The van der Waals surface area contributed by atoms with Gasteiger partial charge in [-0.3, -0.25) is 0 Å². The van der Waals surface area contributed by atoms with E-state index in [0.717, 1.165) is 23.4 Å². The van der Waals surface area contributed by atoms with Gasteiger partial charge in [0.25, 0.3) is 0 Å². The van der Waals surface area contributed by atoms with Crippen LogP contribution in [0.1, 0.15) is 12.0 Å². The lowest BCUT2D eigenvalue weighted by atomic mass is 10.0. The van der Waals surface area contributed by atoms with Crippen LogP contribution in [0.3, 0.4) is 0 Å². The Bertz CT molecular complexity index is 431. The maximum Gasteiger partial charge on any atom is 0.319 e. The Morgan fingerprint density at radius 1 is 1.56 bits per heavy atom. The molecule has 3 N–H and O–H groups in total. The van der Waals surface area contributed by atoms with Crippen LogP contribution in [-0.4, -0.2) is 34.8 Å². The molecule has 1 aliphatic heterocycles. The van der Waals surface area contributed by atoms with E-state index in [4.69, 9.17) is 0 Å². The molecule has 1 atom stereocenters. The number of carbonyl (C=O) groups excluding carboxylic acids is 1. The normalized spacial score (nSPS) is 22.8. The minimum Gasteiger partial charge on any atom is -0.387 e. The number of carbonyl (C=O) groups is 1. The Morgan fingerprint density at radius 2 is 2.39 bits per heavy atom. The van der Waals surface area contributed by atoms with E-state index in [1.165, 1.54) is 0 Å². The molecule has 1 fully saturated rings. The van der Waals surface area contributed by atoms with Gasteiger partial charge in [0.15, 0.2) is 0 Å². The largest absolute Gasteiger partial charge is 0.387 e. The third kappa shape index (κ3) is 3.65. The summed E-state index contributed by atoms with van der Waals surface area (Å²) >= 11 is 1.72. The Hall–Kier alpha value is -1.20. The Kier molecular flexibility index (Phi) is 4.14. The van der Waals surface area contributed by atoms with Crippen molar-refractivity contribution in [1.29, 1.82) is 0 Å². The molecule has 1 heterocycles. The summed E-state index contributed by atoms with van der Waals surface area (Å²) in [6.45, 7) is 2.28. The zero-order chi connectivity index (χ0) is 13.0. The highest BCUT2D eigenvalue weighted by atomic mass is 32.2. The van der Waals surface area contributed by atoms with Crippen LogP contribution in [0.2, 0.25) is 0 Å². The lowest BCUT2D eigenvalue weighted by Gasteiger charge is -2.21. The summed E-state index contributed by atoms with van der Waals surface area (Å²) in [7, 11) is 0. The van der Waals surface area contributed by atoms with Crippen LogP contribution in [0.4, 0.5) is 10.5 Å². The number of urea groups is 1. The molecule has 0 spiro atoms. The summed E-state index contributed by atoms with van der Waals surface area (Å²) in [6.07, 6.45) is 0.738. The van der Waals surface area contributed by atoms with Crippen molar-refractivity contribution < 1.29 is 9.90 Å². The molecule has 0 aromatic heterocycles. The Morgan fingerprint density at radius 3 is 3.06 bits per heavy atom. The van der Waals surface area contributed by atoms with E-state index in [1.807, 2.05) is 31.2 Å². The second-order valence-electron chi connectivity index (χ2n) is 4.70. The Balaban J connectivity index is 1.82. The number of benzene rings is 1. The fourth-order valence-corrected chi connectivity index (χ4v) is 3.17. The first kappa shape index (κ1) is 13.2. The first-order valence-corrected chi connectivity index (χ1v) is 7.15. The van der Waals surface area contributed by atoms with Gasteiger partial charge < -0.3 is 15.7 Å². The number of thioether (sulfide) groups is 1. The lowest BCUT2D eigenvalue weighted by Crippen LogP contribution is -2.44. The smallest absolute Gasteiger partial charge is 0.319 e. The van der Waals surface area contributed by atoms with Gasteiger partial charge in [-0.25, -0.2) is 4.79 Å². The predicted molar refractivity (Wildman–Crippen MR) is 75.1 cm³/mol. The zero-order valence-electron chi connectivity index (χ0n) is 10.4.